The number of amides is 1. The van der Waals surface area contributed by atoms with Crippen LogP contribution in [-0.4, -0.2) is 41.8 Å². The van der Waals surface area contributed by atoms with Crippen LogP contribution in [0.15, 0.2) is 48.5 Å². The molecule has 0 saturated carbocycles. The van der Waals surface area contributed by atoms with Crippen molar-refractivity contribution in [2.24, 2.45) is 0 Å². The van der Waals surface area contributed by atoms with E-state index in [2.05, 4.69) is 16.4 Å². The van der Waals surface area contributed by atoms with Crippen molar-refractivity contribution in [1.82, 2.24) is 4.98 Å². The van der Waals surface area contributed by atoms with Gasteiger partial charge in [0, 0.05) is 17.4 Å². The van der Waals surface area contributed by atoms with E-state index in [0.717, 1.165) is 28.2 Å². The number of hydrogen-bond acceptors (Lipinski definition) is 6. The van der Waals surface area contributed by atoms with Gasteiger partial charge in [0.2, 0.25) is 5.91 Å². The van der Waals surface area contributed by atoms with Gasteiger partial charge in [-0.25, -0.2) is 13.4 Å². The van der Waals surface area contributed by atoms with E-state index in [1.165, 1.54) is 16.5 Å². The number of thiazole rings is 1. The number of carbonyl (C=O) groups excluding carboxylic acids is 1. The van der Waals surface area contributed by atoms with Gasteiger partial charge in [0.05, 0.1) is 32.5 Å². The van der Waals surface area contributed by atoms with Gasteiger partial charge >= 0.3 is 0 Å². The van der Waals surface area contributed by atoms with Crippen LogP contribution in [0.1, 0.15) is 17.0 Å². The highest BCUT2D eigenvalue weighted by molar-refractivity contribution is 8.02. The Hall–Kier alpha value is -1.90. The first-order chi connectivity index (χ1) is 13.5. The molecule has 1 fully saturated rings. The molecule has 1 N–H and O–H groups in total. The summed E-state index contributed by atoms with van der Waals surface area (Å²) in [6, 6.07) is 15.9. The number of nitrogens with zero attached hydrogens (tertiary/aromatic N) is 1. The number of aromatic nitrogens is 1. The van der Waals surface area contributed by atoms with Crippen LogP contribution in [0.5, 0.6) is 0 Å². The molecule has 1 aromatic heterocycles. The van der Waals surface area contributed by atoms with Gasteiger partial charge in [-0.3, -0.25) is 4.79 Å². The number of thioether (sulfide) groups is 1. The first-order valence-electron chi connectivity index (χ1n) is 9.02. The first-order valence-corrected chi connectivity index (χ1v) is 12.7. The molecule has 1 saturated heterocycles. The monoisotopic (exact) mass is 432 g/mol. The highest BCUT2D eigenvalue weighted by Crippen LogP contribution is 2.25. The third-order valence-electron chi connectivity index (χ3n) is 4.57. The van der Waals surface area contributed by atoms with E-state index >= 15 is 0 Å². The Kier molecular flexibility index (Phi) is 5.70. The van der Waals surface area contributed by atoms with Crippen LogP contribution in [0.2, 0.25) is 0 Å². The number of para-hydroxylation sites is 1. The predicted octanol–water partition coefficient (Wildman–Crippen LogP) is 3.75. The minimum atomic E-state index is -2.90. The maximum absolute atomic E-state index is 12.1. The van der Waals surface area contributed by atoms with Crippen molar-refractivity contribution in [3.63, 3.8) is 0 Å². The van der Waals surface area contributed by atoms with Crippen molar-refractivity contribution in [2.75, 3.05) is 22.6 Å². The molecule has 146 valence electrons. The lowest BCUT2D eigenvalue weighted by Gasteiger charge is -2.09. The Bertz CT molecular complexity index is 1060. The van der Waals surface area contributed by atoms with Gasteiger partial charge in [-0.1, -0.05) is 24.3 Å². The molecule has 2 aromatic carbocycles. The van der Waals surface area contributed by atoms with Crippen LogP contribution in [0.4, 0.5) is 5.69 Å². The molecule has 1 amide bonds. The number of anilines is 1. The fraction of sp³-hybridized carbons (Fsp3) is 0.300. The summed E-state index contributed by atoms with van der Waals surface area (Å²) in [5.74, 6) is 0.592. The Morgan fingerprint density at radius 1 is 1.18 bits per heavy atom. The van der Waals surface area contributed by atoms with Crippen LogP contribution in [0, 0.1) is 0 Å². The van der Waals surface area contributed by atoms with Gasteiger partial charge in [-0.15, -0.1) is 23.1 Å². The Labute approximate surface area is 172 Å². The lowest BCUT2D eigenvalue weighted by Crippen LogP contribution is -2.17. The maximum Gasteiger partial charge on any atom is 0.234 e. The summed E-state index contributed by atoms with van der Waals surface area (Å²) in [5.41, 5.74) is 2.92. The van der Waals surface area contributed by atoms with Crippen LogP contribution >= 0.6 is 23.1 Å². The summed E-state index contributed by atoms with van der Waals surface area (Å²) in [5, 5.41) is 3.98. The molecule has 28 heavy (non-hydrogen) atoms. The molecule has 1 aliphatic heterocycles. The molecule has 0 spiro atoms. The molecule has 1 atom stereocenters. The van der Waals surface area contributed by atoms with Gasteiger partial charge in [0.15, 0.2) is 9.84 Å². The molecule has 0 aliphatic carbocycles. The number of benzene rings is 2. The number of sulfone groups is 1. The van der Waals surface area contributed by atoms with Gasteiger partial charge in [0.25, 0.3) is 0 Å². The van der Waals surface area contributed by atoms with Crippen molar-refractivity contribution in [1.29, 1.82) is 0 Å². The zero-order valence-corrected chi connectivity index (χ0v) is 17.6. The third-order valence-corrected chi connectivity index (χ3v) is 8.89. The molecule has 5 nitrogen and oxygen atoms in total. The van der Waals surface area contributed by atoms with Crippen molar-refractivity contribution in [2.45, 2.75) is 18.1 Å². The molecular weight excluding hydrogens is 412 g/mol. The minimum Gasteiger partial charge on any atom is -0.325 e. The lowest BCUT2D eigenvalue weighted by molar-refractivity contribution is -0.113. The fourth-order valence-corrected chi connectivity index (χ4v) is 7.60. The van der Waals surface area contributed by atoms with Crippen LogP contribution < -0.4 is 5.32 Å². The van der Waals surface area contributed by atoms with Crippen LogP contribution in [-0.2, 0) is 21.1 Å². The predicted molar refractivity (Wildman–Crippen MR) is 117 cm³/mol. The van der Waals surface area contributed by atoms with E-state index in [1.807, 2.05) is 42.5 Å². The van der Waals surface area contributed by atoms with Crippen molar-refractivity contribution < 1.29 is 13.2 Å². The Morgan fingerprint density at radius 2 is 1.96 bits per heavy atom. The molecule has 3 aromatic rings. The second-order valence-electron chi connectivity index (χ2n) is 6.83. The average Bonchev–Trinajstić information content (AvgIpc) is 3.23. The molecule has 8 heteroatoms. The lowest BCUT2D eigenvalue weighted by atomic mass is 10.1. The summed E-state index contributed by atoms with van der Waals surface area (Å²) in [6.45, 7) is 0. The van der Waals surface area contributed by atoms with E-state index in [9.17, 15) is 13.2 Å². The molecule has 4 rings (SSSR count). The zero-order chi connectivity index (χ0) is 19.6. The molecule has 0 bridgehead atoms. The van der Waals surface area contributed by atoms with E-state index in [-0.39, 0.29) is 28.4 Å². The fourth-order valence-electron chi connectivity index (χ4n) is 3.16. The highest BCUT2D eigenvalue weighted by Gasteiger charge is 2.28. The SMILES string of the molecule is O=C(CSC1CCS(=O)(=O)C1)Nc1ccc(Cc2nc3ccccc3s2)cc1. The van der Waals surface area contributed by atoms with E-state index < -0.39 is 9.84 Å². The number of fused-ring (bicyclic) bond motifs is 1. The van der Waals surface area contributed by atoms with Gasteiger partial charge in [-0.05, 0) is 36.2 Å². The highest BCUT2D eigenvalue weighted by atomic mass is 32.2. The van der Waals surface area contributed by atoms with Crippen molar-refractivity contribution in [3.05, 3.63) is 59.1 Å². The summed E-state index contributed by atoms with van der Waals surface area (Å²) in [6.07, 6.45) is 1.40. The quantitative estimate of drug-likeness (QED) is 0.642. The van der Waals surface area contributed by atoms with E-state index in [0.29, 0.717) is 6.42 Å². The topological polar surface area (TPSA) is 76.1 Å². The van der Waals surface area contributed by atoms with E-state index in [1.54, 1.807) is 11.3 Å². The van der Waals surface area contributed by atoms with Crippen LogP contribution in [0.25, 0.3) is 10.2 Å². The standard InChI is InChI=1S/C20H20N2O3S3/c23-19(12-26-16-9-10-28(24,25)13-16)21-15-7-5-14(6-8-15)11-20-22-17-3-1-2-4-18(17)27-20/h1-8,16H,9-13H2,(H,21,23). The number of rotatable bonds is 6. The summed E-state index contributed by atoms with van der Waals surface area (Å²) in [7, 11) is -2.90. The van der Waals surface area contributed by atoms with Crippen LogP contribution in [0.3, 0.4) is 0 Å². The molecule has 2 heterocycles. The van der Waals surface area contributed by atoms with E-state index in [4.69, 9.17) is 0 Å². The van der Waals surface area contributed by atoms with Gasteiger partial charge in [-0.2, -0.15) is 0 Å². The third kappa shape index (κ3) is 4.92. The Morgan fingerprint density at radius 3 is 2.68 bits per heavy atom. The second-order valence-corrected chi connectivity index (χ2v) is 11.5. The minimum absolute atomic E-state index is 0.0342. The largest absolute Gasteiger partial charge is 0.325 e. The zero-order valence-electron chi connectivity index (χ0n) is 15.1. The van der Waals surface area contributed by atoms with Crippen molar-refractivity contribution in [3.8, 4) is 0 Å². The smallest absolute Gasteiger partial charge is 0.234 e. The summed E-state index contributed by atoms with van der Waals surface area (Å²) < 4.78 is 24.1. The maximum atomic E-state index is 12.1. The van der Waals surface area contributed by atoms with Gasteiger partial charge in [0.1, 0.15) is 0 Å². The Balaban J connectivity index is 1.29. The summed E-state index contributed by atoms with van der Waals surface area (Å²) in [4.78, 5) is 16.8. The number of nitrogens with one attached hydrogen (secondary N) is 1. The molecule has 1 unspecified atom stereocenters. The summed E-state index contributed by atoms with van der Waals surface area (Å²) >= 11 is 3.12. The van der Waals surface area contributed by atoms with Gasteiger partial charge < -0.3 is 5.32 Å². The first kappa shape index (κ1) is 19.4. The molecular formula is C20H20N2O3S3. The average molecular weight is 433 g/mol. The molecule has 1 aliphatic rings. The number of carbonyl (C=O) groups is 1. The van der Waals surface area contributed by atoms with Crippen molar-refractivity contribution >= 4 is 54.7 Å². The second kappa shape index (κ2) is 8.23. The molecule has 0 radical (unpaired) electrons. The number of hydrogen-bond donors (Lipinski definition) is 1. The normalized spacial score (nSPS) is 18.4.